The van der Waals surface area contributed by atoms with Crippen LogP contribution in [0.5, 0.6) is 0 Å². The number of nitriles is 1. The van der Waals surface area contributed by atoms with Gasteiger partial charge in [-0.3, -0.25) is 4.57 Å². The van der Waals surface area contributed by atoms with E-state index in [0.29, 0.717) is 0 Å². The summed E-state index contributed by atoms with van der Waals surface area (Å²) < 4.78 is 15.0. The van der Waals surface area contributed by atoms with Crippen molar-refractivity contribution < 1.29 is 4.39 Å². The molecule has 0 saturated heterocycles. The van der Waals surface area contributed by atoms with Crippen LogP contribution in [-0.4, -0.2) is 16.6 Å². The van der Waals surface area contributed by atoms with Crippen LogP contribution in [-0.2, 0) is 0 Å². The van der Waals surface area contributed by atoms with E-state index in [2.05, 4.69) is 10.3 Å². The zero-order chi connectivity index (χ0) is 13.1. The van der Waals surface area contributed by atoms with Crippen molar-refractivity contribution in [3.8, 4) is 11.8 Å². The molecule has 18 heavy (non-hydrogen) atoms. The fourth-order valence-corrected chi connectivity index (χ4v) is 1.83. The molecule has 92 valence electrons. The van der Waals surface area contributed by atoms with Crippen molar-refractivity contribution in [1.82, 2.24) is 14.9 Å². The van der Waals surface area contributed by atoms with E-state index in [1.54, 1.807) is 30.1 Å². The third-order valence-electron chi connectivity index (χ3n) is 2.89. The monoisotopic (exact) mass is 244 g/mol. The van der Waals surface area contributed by atoms with Crippen LogP contribution in [0.15, 0.2) is 30.6 Å². The van der Waals surface area contributed by atoms with Gasteiger partial charge in [0.05, 0.1) is 5.69 Å². The van der Waals surface area contributed by atoms with Crippen molar-refractivity contribution in [2.75, 3.05) is 7.05 Å². The van der Waals surface area contributed by atoms with Crippen LogP contribution in [0, 0.1) is 17.1 Å². The first kappa shape index (κ1) is 12.3. The molecule has 0 bridgehead atoms. The molecule has 1 aromatic heterocycles. The van der Waals surface area contributed by atoms with Crippen molar-refractivity contribution in [2.24, 2.45) is 0 Å². The van der Waals surface area contributed by atoms with Crippen LogP contribution < -0.4 is 5.32 Å². The topological polar surface area (TPSA) is 53.6 Å². The van der Waals surface area contributed by atoms with Crippen LogP contribution in [0.1, 0.15) is 24.4 Å². The van der Waals surface area contributed by atoms with E-state index in [9.17, 15) is 4.39 Å². The molecule has 0 fully saturated rings. The SMILES string of the molecule is CNC(C)c1cc(F)ccc1-n1ccnc1C#N. The molecule has 0 aliphatic carbocycles. The first-order chi connectivity index (χ1) is 8.67. The average molecular weight is 244 g/mol. The molecule has 4 nitrogen and oxygen atoms in total. The van der Waals surface area contributed by atoms with Crippen LogP contribution in [0.25, 0.3) is 5.69 Å². The van der Waals surface area contributed by atoms with E-state index >= 15 is 0 Å². The number of aromatic nitrogens is 2. The third-order valence-corrected chi connectivity index (χ3v) is 2.89. The fraction of sp³-hybridized carbons (Fsp3) is 0.231. The van der Waals surface area contributed by atoms with Gasteiger partial charge in [0.15, 0.2) is 0 Å². The molecule has 1 atom stereocenters. The van der Waals surface area contributed by atoms with Gasteiger partial charge in [-0.1, -0.05) is 0 Å². The summed E-state index contributed by atoms with van der Waals surface area (Å²) in [6.45, 7) is 1.93. The van der Waals surface area contributed by atoms with Gasteiger partial charge >= 0.3 is 0 Å². The molecule has 1 unspecified atom stereocenters. The largest absolute Gasteiger partial charge is 0.313 e. The first-order valence-electron chi connectivity index (χ1n) is 5.58. The Morgan fingerprint density at radius 1 is 1.50 bits per heavy atom. The minimum absolute atomic E-state index is 0.0235. The Labute approximate surface area is 105 Å². The van der Waals surface area contributed by atoms with E-state index in [4.69, 9.17) is 5.26 Å². The number of imidazole rings is 1. The second kappa shape index (κ2) is 4.98. The molecule has 1 heterocycles. The highest BCUT2D eigenvalue weighted by Gasteiger charge is 2.14. The lowest BCUT2D eigenvalue weighted by Gasteiger charge is -2.16. The Balaban J connectivity index is 2.61. The number of benzene rings is 1. The van der Waals surface area contributed by atoms with Crippen molar-refractivity contribution >= 4 is 0 Å². The second-order valence-corrected chi connectivity index (χ2v) is 3.95. The average Bonchev–Trinajstić information content (AvgIpc) is 2.85. The highest BCUT2D eigenvalue weighted by molar-refractivity contribution is 5.45. The molecule has 1 aromatic carbocycles. The van der Waals surface area contributed by atoms with Crippen LogP contribution in [0.3, 0.4) is 0 Å². The van der Waals surface area contributed by atoms with Gasteiger partial charge in [-0.15, -0.1) is 0 Å². The quantitative estimate of drug-likeness (QED) is 0.900. The van der Waals surface area contributed by atoms with Gasteiger partial charge in [-0.25, -0.2) is 9.37 Å². The van der Waals surface area contributed by atoms with Gasteiger partial charge in [-0.05, 0) is 37.7 Å². The lowest BCUT2D eigenvalue weighted by Crippen LogP contribution is -2.15. The Morgan fingerprint density at radius 3 is 2.94 bits per heavy atom. The molecule has 0 saturated carbocycles. The lowest BCUT2D eigenvalue weighted by molar-refractivity contribution is 0.606. The van der Waals surface area contributed by atoms with E-state index in [-0.39, 0.29) is 17.7 Å². The lowest BCUT2D eigenvalue weighted by atomic mass is 10.1. The standard InChI is InChI=1S/C13H13FN4/c1-9(16-2)11-7-10(14)3-4-12(11)18-6-5-17-13(18)8-15/h3-7,9,16H,1-2H3. The Morgan fingerprint density at radius 2 is 2.28 bits per heavy atom. The van der Waals surface area contributed by atoms with Crippen LogP contribution in [0.4, 0.5) is 4.39 Å². The maximum atomic E-state index is 13.4. The molecule has 0 amide bonds. The summed E-state index contributed by atoms with van der Waals surface area (Å²) in [7, 11) is 1.80. The van der Waals surface area contributed by atoms with Crippen molar-refractivity contribution in [1.29, 1.82) is 5.26 Å². The third kappa shape index (κ3) is 2.11. The fourth-order valence-electron chi connectivity index (χ4n) is 1.83. The Hall–Kier alpha value is -2.19. The predicted molar refractivity (Wildman–Crippen MR) is 65.7 cm³/mol. The van der Waals surface area contributed by atoms with Gasteiger partial charge in [0, 0.05) is 18.4 Å². The summed E-state index contributed by atoms with van der Waals surface area (Å²) >= 11 is 0. The van der Waals surface area contributed by atoms with Gasteiger partial charge in [0.2, 0.25) is 5.82 Å². The minimum Gasteiger partial charge on any atom is -0.313 e. The summed E-state index contributed by atoms with van der Waals surface area (Å²) in [4.78, 5) is 3.95. The number of hydrogen-bond donors (Lipinski definition) is 1. The van der Waals surface area contributed by atoms with Gasteiger partial charge in [-0.2, -0.15) is 5.26 Å². The van der Waals surface area contributed by atoms with Crippen molar-refractivity contribution in [3.05, 3.63) is 47.8 Å². The summed E-state index contributed by atoms with van der Waals surface area (Å²) in [5, 5.41) is 12.1. The number of halogens is 1. The maximum Gasteiger partial charge on any atom is 0.217 e. The molecule has 0 aliphatic heterocycles. The van der Waals surface area contributed by atoms with Crippen LogP contribution in [0.2, 0.25) is 0 Å². The van der Waals surface area contributed by atoms with Gasteiger partial charge < -0.3 is 5.32 Å². The molecular formula is C13H13FN4. The number of nitrogens with zero attached hydrogens (tertiary/aromatic N) is 3. The molecular weight excluding hydrogens is 231 g/mol. The van der Waals surface area contributed by atoms with E-state index < -0.39 is 0 Å². The summed E-state index contributed by atoms with van der Waals surface area (Å²) in [5.41, 5.74) is 1.54. The number of rotatable bonds is 3. The highest BCUT2D eigenvalue weighted by Crippen LogP contribution is 2.23. The van der Waals surface area contributed by atoms with E-state index in [0.717, 1.165) is 11.3 Å². The van der Waals surface area contributed by atoms with Crippen molar-refractivity contribution in [3.63, 3.8) is 0 Å². The summed E-state index contributed by atoms with van der Waals surface area (Å²) in [6.07, 6.45) is 3.24. The van der Waals surface area contributed by atoms with Crippen molar-refractivity contribution in [2.45, 2.75) is 13.0 Å². The molecule has 1 N–H and O–H groups in total. The van der Waals surface area contributed by atoms with Crippen LogP contribution >= 0.6 is 0 Å². The smallest absolute Gasteiger partial charge is 0.217 e. The predicted octanol–water partition coefficient (Wildman–Crippen LogP) is 2.16. The Bertz CT molecular complexity index is 597. The van der Waals surface area contributed by atoms with Gasteiger partial charge in [0.25, 0.3) is 0 Å². The molecule has 0 spiro atoms. The highest BCUT2D eigenvalue weighted by atomic mass is 19.1. The number of hydrogen-bond acceptors (Lipinski definition) is 3. The van der Waals surface area contributed by atoms with E-state index in [1.807, 2.05) is 13.0 Å². The number of nitrogens with one attached hydrogen (secondary N) is 1. The molecule has 2 aromatic rings. The minimum atomic E-state index is -0.297. The van der Waals surface area contributed by atoms with Gasteiger partial charge in [0.1, 0.15) is 11.9 Å². The normalized spacial score (nSPS) is 12.1. The zero-order valence-corrected chi connectivity index (χ0v) is 10.2. The summed E-state index contributed by atoms with van der Waals surface area (Å²) in [6, 6.07) is 6.49. The van der Waals surface area contributed by atoms with E-state index in [1.165, 1.54) is 12.1 Å². The zero-order valence-electron chi connectivity index (χ0n) is 10.2. The molecule has 2 rings (SSSR count). The Kier molecular flexibility index (Phi) is 3.40. The maximum absolute atomic E-state index is 13.4. The molecule has 5 heteroatoms. The molecule has 0 aliphatic rings. The second-order valence-electron chi connectivity index (χ2n) is 3.95. The first-order valence-corrected chi connectivity index (χ1v) is 5.58. The molecule has 0 radical (unpaired) electrons. The summed E-state index contributed by atoms with van der Waals surface area (Å²) in [5.74, 6) is -0.0133.